The summed E-state index contributed by atoms with van der Waals surface area (Å²) in [5.41, 5.74) is 4.14. The summed E-state index contributed by atoms with van der Waals surface area (Å²) in [4.78, 5) is 11.4. The molecule has 0 unspecified atom stereocenters. The molecule has 1 aliphatic rings. The number of aromatic nitrogens is 4. The molecule has 0 spiro atoms. The molecule has 5 nitrogen and oxygen atoms in total. The van der Waals surface area contributed by atoms with Gasteiger partial charge in [-0.05, 0) is 55.3 Å². The number of rotatable bonds is 4. The molecule has 0 aliphatic carbocycles. The summed E-state index contributed by atoms with van der Waals surface area (Å²) in [7, 11) is 0. The molecule has 1 aromatic carbocycles. The van der Waals surface area contributed by atoms with E-state index < -0.39 is 0 Å². The Hall–Kier alpha value is -3.12. The van der Waals surface area contributed by atoms with Crippen LogP contribution in [0, 0.1) is 5.82 Å². The average Bonchev–Trinajstić information content (AvgIpc) is 3.20. The zero-order valence-electron chi connectivity index (χ0n) is 16.1. The highest BCUT2D eigenvalue weighted by molar-refractivity contribution is 5.63. The molecule has 4 heterocycles. The summed E-state index contributed by atoms with van der Waals surface area (Å²) in [6.07, 6.45) is 7.85. The van der Waals surface area contributed by atoms with Crippen LogP contribution >= 0.6 is 0 Å². The number of fused-ring (bicyclic) bond motifs is 1. The quantitative estimate of drug-likeness (QED) is 0.524. The highest BCUT2D eigenvalue weighted by Crippen LogP contribution is 2.27. The van der Waals surface area contributed by atoms with Crippen molar-refractivity contribution in [1.82, 2.24) is 24.5 Å². The molecule has 0 N–H and O–H groups in total. The van der Waals surface area contributed by atoms with Gasteiger partial charge in [0.1, 0.15) is 5.82 Å². The third-order valence-electron chi connectivity index (χ3n) is 5.53. The Morgan fingerprint density at radius 1 is 1.03 bits per heavy atom. The lowest BCUT2D eigenvalue weighted by Gasteiger charge is -2.31. The largest absolute Gasteiger partial charge is 0.298 e. The van der Waals surface area contributed by atoms with Crippen LogP contribution in [0.1, 0.15) is 30.1 Å². The van der Waals surface area contributed by atoms with Crippen molar-refractivity contribution in [1.29, 1.82) is 0 Å². The number of piperidine rings is 1. The number of likely N-dealkylation sites (tertiary alicyclic amines) is 1. The van der Waals surface area contributed by atoms with E-state index in [4.69, 9.17) is 10.1 Å². The van der Waals surface area contributed by atoms with E-state index in [9.17, 15) is 4.39 Å². The molecule has 3 aromatic heterocycles. The molecular weight excluding hydrogens is 365 g/mol. The van der Waals surface area contributed by atoms with E-state index in [1.807, 2.05) is 47.2 Å². The molecule has 1 saturated heterocycles. The van der Waals surface area contributed by atoms with Gasteiger partial charge in [-0.3, -0.25) is 9.88 Å². The van der Waals surface area contributed by atoms with Gasteiger partial charge in [-0.2, -0.15) is 5.10 Å². The lowest BCUT2D eigenvalue weighted by molar-refractivity contribution is 0.196. The summed E-state index contributed by atoms with van der Waals surface area (Å²) in [6, 6.07) is 14.8. The van der Waals surface area contributed by atoms with Crippen LogP contribution in [-0.2, 0) is 6.54 Å². The maximum absolute atomic E-state index is 13.2. The predicted octanol–water partition coefficient (Wildman–Crippen LogP) is 4.31. The maximum atomic E-state index is 13.2. The molecule has 0 radical (unpaired) electrons. The van der Waals surface area contributed by atoms with Crippen molar-refractivity contribution in [3.8, 4) is 11.1 Å². The summed E-state index contributed by atoms with van der Waals surface area (Å²) in [5.74, 6) is 1.02. The van der Waals surface area contributed by atoms with Crippen molar-refractivity contribution in [3.05, 3.63) is 84.3 Å². The van der Waals surface area contributed by atoms with Gasteiger partial charge < -0.3 is 0 Å². The van der Waals surface area contributed by atoms with Gasteiger partial charge in [-0.25, -0.2) is 13.9 Å². The fourth-order valence-corrected chi connectivity index (χ4v) is 4.04. The molecule has 1 atom stereocenters. The minimum Gasteiger partial charge on any atom is -0.298 e. The number of benzene rings is 1. The molecule has 6 heteroatoms. The Morgan fingerprint density at radius 2 is 1.93 bits per heavy atom. The first-order valence-corrected chi connectivity index (χ1v) is 9.98. The molecule has 1 fully saturated rings. The monoisotopic (exact) mass is 387 g/mol. The molecule has 0 saturated carbocycles. The molecule has 1 aliphatic heterocycles. The molecule has 29 heavy (non-hydrogen) atoms. The Kier molecular flexibility index (Phi) is 4.77. The predicted molar refractivity (Wildman–Crippen MR) is 110 cm³/mol. The Labute approximate surface area is 168 Å². The molecular formula is C23H22FN5. The maximum Gasteiger partial charge on any atom is 0.156 e. The van der Waals surface area contributed by atoms with E-state index in [1.165, 1.54) is 12.1 Å². The van der Waals surface area contributed by atoms with Gasteiger partial charge in [0.25, 0.3) is 0 Å². The van der Waals surface area contributed by atoms with Crippen LogP contribution in [0.3, 0.4) is 0 Å². The van der Waals surface area contributed by atoms with Gasteiger partial charge in [0.15, 0.2) is 11.5 Å². The van der Waals surface area contributed by atoms with Crippen LogP contribution in [0.25, 0.3) is 16.8 Å². The second kappa shape index (κ2) is 7.72. The van der Waals surface area contributed by atoms with Gasteiger partial charge in [0.05, 0.1) is 0 Å². The van der Waals surface area contributed by atoms with Gasteiger partial charge in [0, 0.05) is 48.7 Å². The standard InChI is InChI=1S/C23H22FN5/c24-21-8-5-17(6-9-21)14-28-12-2-4-20(15-28)23-26-22-10-7-19(16-29(22)27-23)18-3-1-11-25-13-18/h1,3,5-11,13,16,20H,2,4,12,14-15H2/t20-/m0/s1. The lowest BCUT2D eigenvalue weighted by Crippen LogP contribution is -2.34. The third-order valence-corrected chi connectivity index (χ3v) is 5.53. The Bertz CT molecular complexity index is 1110. The van der Waals surface area contributed by atoms with Crippen molar-refractivity contribution in [2.75, 3.05) is 13.1 Å². The fraction of sp³-hybridized carbons (Fsp3) is 0.261. The van der Waals surface area contributed by atoms with Crippen LogP contribution in [0.4, 0.5) is 4.39 Å². The van der Waals surface area contributed by atoms with E-state index >= 15 is 0 Å². The smallest absolute Gasteiger partial charge is 0.156 e. The summed E-state index contributed by atoms with van der Waals surface area (Å²) in [6.45, 7) is 2.80. The van der Waals surface area contributed by atoms with Crippen LogP contribution in [-0.4, -0.2) is 37.6 Å². The summed E-state index contributed by atoms with van der Waals surface area (Å²) in [5, 5.41) is 4.78. The molecule has 0 amide bonds. The molecule has 4 aromatic rings. The van der Waals surface area contributed by atoms with E-state index in [0.717, 1.165) is 60.6 Å². The number of pyridine rings is 2. The first-order chi connectivity index (χ1) is 14.2. The summed E-state index contributed by atoms with van der Waals surface area (Å²) >= 11 is 0. The highest BCUT2D eigenvalue weighted by atomic mass is 19.1. The zero-order chi connectivity index (χ0) is 19.6. The van der Waals surface area contributed by atoms with Crippen LogP contribution in [0.5, 0.6) is 0 Å². The van der Waals surface area contributed by atoms with Gasteiger partial charge >= 0.3 is 0 Å². The van der Waals surface area contributed by atoms with Crippen molar-refractivity contribution in [2.45, 2.75) is 25.3 Å². The number of hydrogen-bond acceptors (Lipinski definition) is 4. The fourth-order valence-electron chi connectivity index (χ4n) is 4.04. The van der Waals surface area contributed by atoms with E-state index in [0.29, 0.717) is 5.92 Å². The molecule has 146 valence electrons. The van der Waals surface area contributed by atoms with Crippen molar-refractivity contribution < 1.29 is 4.39 Å². The topological polar surface area (TPSA) is 46.3 Å². The highest BCUT2D eigenvalue weighted by Gasteiger charge is 2.25. The van der Waals surface area contributed by atoms with Gasteiger partial charge in [-0.1, -0.05) is 18.2 Å². The van der Waals surface area contributed by atoms with E-state index in [-0.39, 0.29) is 5.82 Å². The van der Waals surface area contributed by atoms with Crippen molar-refractivity contribution >= 4 is 5.65 Å². The Balaban J connectivity index is 1.35. The Morgan fingerprint density at radius 3 is 2.76 bits per heavy atom. The number of halogens is 1. The van der Waals surface area contributed by atoms with Crippen LogP contribution in [0.15, 0.2) is 67.1 Å². The lowest BCUT2D eigenvalue weighted by atomic mass is 9.97. The van der Waals surface area contributed by atoms with Gasteiger partial charge in [0.2, 0.25) is 0 Å². The van der Waals surface area contributed by atoms with Crippen molar-refractivity contribution in [2.24, 2.45) is 0 Å². The second-order valence-electron chi connectivity index (χ2n) is 7.63. The minimum absolute atomic E-state index is 0.190. The first-order valence-electron chi connectivity index (χ1n) is 9.98. The molecule has 5 rings (SSSR count). The van der Waals surface area contributed by atoms with Crippen LogP contribution in [0.2, 0.25) is 0 Å². The normalized spacial score (nSPS) is 17.6. The van der Waals surface area contributed by atoms with E-state index in [2.05, 4.69) is 16.0 Å². The molecule has 0 bridgehead atoms. The van der Waals surface area contributed by atoms with Crippen LogP contribution < -0.4 is 0 Å². The number of hydrogen-bond donors (Lipinski definition) is 0. The van der Waals surface area contributed by atoms with E-state index in [1.54, 1.807) is 6.20 Å². The first kappa shape index (κ1) is 17.9. The number of nitrogens with zero attached hydrogens (tertiary/aromatic N) is 5. The van der Waals surface area contributed by atoms with Crippen molar-refractivity contribution in [3.63, 3.8) is 0 Å². The zero-order valence-corrected chi connectivity index (χ0v) is 16.1. The minimum atomic E-state index is -0.190. The summed E-state index contributed by atoms with van der Waals surface area (Å²) < 4.78 is 15.0. The average molecular weight is 387 g/mol. The second-order valence-corrected chi connectivity index (χ2v) is 7.63. The van der Waals surface area contributed by atoms with Gasteiger partial charge in [-0.15, -0.1) is 0 Å². The third kappa shape index (κ3) is 3.89. The SMILES string of the molecule is Fc1ccc(CN2CCC[C@H](c3nc4ccc(-c5cccnc5)cn4n3)C2)cc1.